The maximum Gasteiger partial charge on any atom is 0.300 e. The van der Waals surface area contributed by atoms with E-state index in [0.29, 0.717) is 0 Å². The second-order valence-electron chi connectivity index (χ2n) is 4.28. The summed E-state index contributed by atoms with van der Waals surface area (Å²) in [5.41, 5.74) is 0. The van der Waals surface area contributed by atoms with E-state index in [1.54, 1.807) is 0 Å². The number of hydrogen-bond acceptors (Lipinski definition) is 4. The molecule has 0 aromatic rings. The number of rotatable bonds is 6. The Labute approximate surface area is 137 Å². The van der Waals surface area contributed by atoms with Crippen molar-refractivity contribution in [3.8, 4) is 0 Å². The molecule has 22 heavy (non-hydrogen) atoms. The van der Waals surface area contributed by atoms with E-state index in [1.807, 2.05) is 0 Å². The summed E-state index contributed by atoms with van der Waals surface area (Å²) in [4.78, 5) is 22.8. The van der Waals surface area contributed by atoms with Crippen molar-refractivity contribution < 1.29 is 19.8 Å². The number of carboxylic acids is 2. The minimum atomic E-state index is -0.833. The van der Waals surface area contributed by atoms with Crippen molar-refractivity contribution in [3.63, 3.8) is 0 Å². The predicted molar refractivity (Wildman–Crippen MR) is 93.5 cm³/mol. The van der Waals surface area contributed by atoms with E-state index in [9.17, 15) is 0 Å². The fraction of sp³-hybridized carbons (Fsp3) is 0.875. The molecule has 0 spiro atoms. The highest BCUT2D eigenvalue weighted by Gasteiger charge is 1.89. The van der Waals surface area contributed by atoms with Crippen molar-refractivity contribution in [3.05, 3.63) is 0 Å². The summed E-state index contributed by atoms with van der Waals surface area (Å²) in [7, 11) is 0. The van der Waals surface area contributed by atoms with Crippen LogP contribution in [-0.2, 0) is 9.59 Å². The first-order valence-electron chi connectivity index (χ1n) is 8.00. The van der Waals surface area contributed by atoms with Crippen LogP contribution in [0, 0.1) is 0 Å². The van der Waals surface area contributed by atoms with Crippen LogP contribution in [0.1, 0.15) is 55.4 Å². The highest BCUT2D eigenvalue weighted by atomic mass is 16.4. The number of carbonyl (C=O) groups is 2. The van der Waals surface area contributed by atoms with Crippen molar-refractivity contribution in [1.82, 2.24) is 9.80 Å². The maximum absolute atomic E-state index is 9.00. The molecule has 6 nitrogen and oxygen atoms in total. The molecule has 0 rings (SSSR count). The van der Waals surface area contributed by atoms with Gasteiger partial charge in [-0.25, -0.2) is 0 Å². The lowest BCUT2D eigenvalue weighted by atomic mass is 10.5. The second-order valence-corrected chi connectivity index (χ2v) is 4.28. The van der Waals surface area contributed by atoms with Gasteiger partial charge in [-0.05, 0) is 39.3 Å². The van der Waals surface area contributed by atoms with Gasteiger partial charge < -0.3 is 20.0 Å². The second kappa shape index (κ2) is 24.9. The summed E-state index contributed by atoms with van der Waals surface area (Å²) < 4.78 is 0. The molecular weight excluding hydrogens is 284 g/mol. The lowest BCUT2D eigenvalue weighted by Crippen LogP contribution is -2.21. The third kappa shape index (κ3) is 51.0. The Morgan fingerprint density at radius 1 is 0.591 bits per heavy atom. The van der Waals surface area contributed by atoms with Gasteiger partial charge in [-0.1, -0.05) is 41.5 Å². The van der Waals surface area contributed by atoms with Gasteiger partial charge in [-0.3, -0.25) is 9.59 Å². The Hall–Kier alpha value is -1.14. The lowest BCUT2D eigenvalue weighted by molar-refractivity contribution is -0.135. The van der Waals surface area contributed by atoms with Crippen molar-refractivity contribution in [1.29, 1.82) is 0 Å². The molecule has 0 fully saturated rings. The summed E-state index contributed by atoms with van der Waals surface area (Å²) in [5, 5.41) is 14.8. The lowest BCUT2D eigenvalue weighted by Gasteiger charge is -2.13. The van der Waals surface area contributed by atoms with Crippen LogP contribution in [0.15, 0.2) is 0 Å². The van der Waals surface area contributed by atoms with Gasteiger partial charge in [-0.15, -0.1) is 0 Å². The molecule has 0 aliphatic heterocycles. The Kier molecular flexibility index (Phi) is 32.7. The summed E-state index contributed by atoms with van der Waals surface area (Å²) in [6, 6.07) is 0. The smallest absolute Gasteiger partial charge is 0.300 e. The van der Waals surface area contributed by atoms with Gasteiger partial charge in [0.1, 0.15) is 0 Å². The van der Waals surface area contributed by atoms with Crippen LogP contribution in [0.4, 0.5) is 0 Å². The Bertz CT molecular complexity index is 185. The average molecular weight is 322 g/mol. The van der Waals surface area contributed by atoms with Crippen molar-refractivity contribution >= 4 is 11.9 Å². The summed E-state index contributed by atoms with van der Waals surface area (Å²) in [5.74, 6) is -1.67. The predicted octanol–water partition coefficient (Wildman–Crippen LogP) is 2.88. The third-order valence-electron chi connectivity index (χ3n) is 2.68. The zero-order valence-electron chi connectivity index (χ0n) is 15.8. The topological polar surface area (TPSA) is 81.1 Å². The van der Waals surface area contributed by atoms with Gasteiger partial charge in [0.2, 0.25) is 0 Å². The number of aliphatic carboxylic acids is 2. The number of carboxylic acid groups (broad SMARTS) is 2. The molecule has 0 saturated carbocycles. The Morgan fingerprint density at radius 2 is 0.682 bits per heavy atom. The van der Waals surface area contributed by atoms with Crippen molar-refractivity contribution in [2.45, 2.75) is 55.4 Å². The Balaban J connectivity index is -0.000000102. The van der Waals surface area contributed by atoms with E-state index >= 15 is 0 Å². The van der Waals surface area contributed by atoms with Crippen molar-refractivity contribution in [2.24, 2.45) is 0 Å². The molecule has 0 unspecified atom stereocenters. The monoisotopic (exact) mass is 322 g/mol. The molecule has 0 saturated heterocycles. The van der Waals surface area contributed by atoms with Gasteiger partial charge in [0.25, 0.3) is 11.9 Å². The number of nitrogens with zero attached hydrogens (tertiary/aromatic N) is 2. The summed E-state index contributed by atoms with van der Waals surface area (Å²) in [6.07, 6.45) is 0. The van der Waals surface area contributed by atoms with Crippen LogP contribution in [0.2, 0.25) is 0 Å². The SMILES string of the molecule is CC(=O)O.CC(=O)O.CCN(CC)CC.CCN(CC)CC. The first kappa shape index (κ1) is 28.9. The normalized spacial score (nSPS) is 8.82. The van der Waals surface area contributed by atoms with Gasteiger partial charge in [0.15, 0.2) is 0 Å². The molecule has 6 heteroatoms. The van der Waals surface area contributed by atoms with Gasteiger partial charge in [-0.2, -0.15) is 0 Å². The molecular formula is C16H38N2O4. The fourth-order valence-electron chi connectivity index (χ4n) is 1.34. The van der Waals surface area contributed by atoms with E-state index in [1.165, 1.54) is 39.3 Å². The molecule has 0 aliphatic carbocycles. The molecule has 2 N–H and O–H groups in total. The molecule has 0 atom stereocenters. The first-order chi connectivity index (χ1) is 10.2. The van der Waals surface area contributed by atoms with Crippen LogP contribution in [0.3, 0.4) is 0 Å². The minimum Gasteiger partial charge on any atom is -0.481 e. The van der Waals surface area contributed by atoms with Crippen molar-refractivity contribution in [2.75, 3.05) is 39.3 Å². The van der Waals surface area contributed by atoms with E-state index in [0.717, 1.165) is 13.8 Å². The molecule has 0 aromatic heterocycles. The molecule has 0 aromatic carbocycles. The minimum absolute atomic E-state index is 0.833. The van der Waals surface area contributed by atoms with Crippen LogP contribution >= 0.6 is 0 Å². The summed E-state index contributed by atoms with van der Waals surface area (Å²) >= 11 is 0. The molecule has 0 radical (unpaired) electrons. The highest BCUT2D eigenvalue weighted by Crippen LogP contribution is 1.82. The first-order valence-corrected chi connectivity index (χ1v) is 8.00. The van der Waals surface area contributed by atoms with Crippen LogP contribution in [0.5, 0.6) is 0 Å². The molecule has 0 aliphatic rings. The maximum atomic E-state index is 9.00. The fourth-order valence-corrected chi connectivity index (χ4v) is 1.34. The van der Waals surface area contributed by atoms with Gasteiger partial charge >= 0.3 is 0 Å². The quantitative estimate of drug-likeness (QED) is 0.782. The number of hydrogen-bond donors (Lipinski definition) is 2. The molecule has 0 amide bonds. The van der Waals surface area contributed by atoms with Crippen LogP contribution < -0.4 is 0 Å². The zero-order chi connectivity index (χ0) is 18.6. The van der Waals surface area contributed by atoms with E-state index in [2.05, 4.69) is 51.3 Å². The largest absolute Gasteiger partial charge is 0.481 e. The van der Waals surface area contributed by atoms with Gasteiger partial charge in [0.05, 0.1) is 0 Å². The Morgan fingerprint density at radius 3 is 0.682 bits per heavy atom. The van der Waals surface area contributed by atoms with E-state index in [-0.39, 0.29) is 0 Å². The van der Waals surface area contributed by atoms with E-state index in [4.69, 9.17) is 19.8 Å². The van der Waals surface area contributed by atoms with E-state index < -0.39 is 11.9 Å². The third-order valence-corrected chi connectivity index (χ3v) is 2.68. The molecule has 136 valence electrons. The van der Waals surface area contributed by atoms with Crippen LogP contribution in [-0.4, -0.2) is 71.2 Å². The molecule has 0 heterocycles. The summed E-state index contributed by atoms with van der Waals surface area (Å²) in [6.45, 7) is 22.4. The zero-order valence-corrected chi connectivity index (χ0v) is 15.8. The standard InChI is InChI=1S/2C6H15N.2C2H4O2/c2*1-4-7(5-2)6-3;2*1-2(3)4/h2*4-6H2,1-3H3;2*1H3,(H,3,4). The van der Waals surface area contributed by atoms with Gasteiger partial charge in [0, 0.05) is 13.8 Å². The average Bonchev–Trinajstić information content (AvgIpc) is 2.42. The highest BCUT2D eigenvalue weighted by molar-refractivity contribution is 5.63. The molecule has 0 bridgehead atoms. The van der Waals surface area contributed by atoms with Crippen LogP contribution in [0.25, 0.3) is 0 Å².